The van der Waals surface area contributed by atoms with Gasteiger partial charge in [0.1, 0.15) is 0 Å². The monoisotopic (exact) mass is 233 g/mol. The Balaban J connectivity index is 2.36. The van der Waals surface area contributed by atoms with Crippen LogP contribution in [-0.4, -0.2) is 30.0 Å². The van der Waals surface area contributed by atoms with Crippen LogP contribution in [0.5, 0.6) is 0 Å². The van der Waals surface area contributed by atoms with Gasteiger partial charge in [0.2, 0.25) is 5.91 Å². The van der Waals surface area contributed by atoms with Crippen molar-refractivity contribution in [2.45, 2.75) is 18.9 Å². The van der Waals surface area contributed by atoms with Gasteiger partial charge in [0.15, 0.2) is 0 Å². The second kappa shape index (κ2) is 6.86. The number of nitrogens with zero attached hydrogens (tertiary/aromatic N) is 1. The normalized spacial score (nSPS) is 12.6. The van der Waals surface area contributed by atoms with Gasteiger partial charge >= 0.3 is 0 Å². The molecule has 0 saturated heterocycles. The zero-order valence-corrected chi connectivity index (χ0v) is 10.3. The molecule has 3 heteroatoms. The Bertz CT molecular complexity index is 371. The number of carbonyl (C=O) groups is 1. The standard InChI is InChI=1S/C14H19NO2/c1-15(2)14(17)11-7-6-10-13(16)12-8-4-3-5-9-12/h3-9,13,16H,10-11H2,1-2H3/t13-/m0/s1. The van der Waals surface area contributed by atoms with Gasteiger partial charge in [0.05, 0.1) is 6.10 Å². The summed E-state index contributed by atoms with van der Waals surface area (Å²) in [5.74, 6) is 0.0652. The molecular weight excluding hydrogens is 214 g/mol. The van der Waals surface area contributed by atoms with E-state index < -0.39 is 6.10 Å². The highest BCUT2D eigenvalue weighted by molar-refractivity contribution is 5.76. The molecule has 1 aromatic rings. The van der Waals surface area contributed by atoms with E-state index >= 15 is 0 Å². The summed E-state index contributed by atoms with van der Waals surface area (Å²) in [7, 11) is 3.46. The molecule has 92 valence electrons. The van der Waals surface area contributed by atoms with Crippen molar-refractivity contribution in [3.05, 3.63) is 48.0 Å². The number of amides is 1. The summed E-state index contributed by atoms with van der Waals surface area (Å²) in [4.78, 5) is 12.8. The third kappa shape index (κ3) is 4.83. The van der Waals surface area contributed by atoms with E-state index in [1.165, 1.54) is 0 Å². The maximum Gasteiger partial charge on any atom is 0.225 e. The van der Waals surface area contributed by atoms with Crippen molar-refractivity contribution in [3.63, 3.8) is 0 Å². The number of aliphatic hydroxyl groups excluding tert-OH is 1. The molecule has 0 aliphatic rings. The topological polar surface area (TPSA) is 40.5 Å². The Morgan fingerprint density at radius 3 is 2.53 bits per heavy atom. The van der Waals surface area contributed by atoms with Crippen molar-refractivity contribution in [2.24, 2.45) is 0 Å². The van der Waals surface area contributed by atoms with Crippen LogP contribution < -0.4 is 0 Å². The molecule has 1 aromatic carbocycles. The molecule has 3 nitrogen and oxygen atoms in total. The number of carbonyl (C=O) groups excluding carboxylic acids is 1. The van der Waals surface area contributed by atoms with Crippen LogP contribution in [0.25, 0.3) is 0 Å². The summed E-state index contributed by atoms with van der Waals surface area (Å²) in [6.45, 7) is 0. The zero-order valence-electron chi connectivity index (χ0n) is 10.3. The molecule has 1 N–H and O–H groups in total. The number of aliphatic hydroxyl groups is 1. The van der Waals surface area contributed by atoms with Crippen LogP contribution in [0.4, 0.5) is 0 Å². The molecule has 0 heterocycles. The first-order valence-electron chi connectivity index (χ1n) is 5.69. The van der Waals surface area contributed by atoms with Crippen LogP contribution in [0.2, 0.25) is 0 Å². The van der Waals surface area contributed by atoms with Gasteiger partial charge in [-0.25, -0.2) is 0 Å². The molecule has 0 aromatic heterocycles. The first-order chi connectivity index (χ1) is 8.11. The Hall–Kier alpha value is -1.61. The van der Waals surface area contributed by atoms with E-state index in [2.05, 4.69) is 0 Å². The number of benzene rings is 1. The van der Waals surface area contributed by atoms with Crippen molar-refractivity contribution in [1.29, 1.82) is 0 Å². The number of hydrogen-bond donors (Lipinski definition) is 1. The van der Waals surface area contributed by atoms with Crippen LogP contribution >= 0.6 is 0 Å². The quantitative estimate of drug-likeness (QED) is 0.792. The Kier molecular flexibility index (Phi) is 5.43. The van der Waals surface area contributed by atoms with Crippen LogP contribution in [-0.2, 0) is 4.79 Å². The minimum atomic E-state index is -0.498. The average Bonchev–Trinajstić information content (AvgIpc) is 2.35. The Morgan fingerprint density at radius 1 is 1.29 bits per heavy atom. The molecule has 0 aliphatic heterocycles. The summed E-state index contributed by atoms with van der Waals surface area (Å²) in [5, 5.41) is 9.85. The van der Waals surface area contributed by atoms with Gasteiger partial charge in [-0.3, -0.25) is 4.79 Å². The molecule has 1 atom stereocenters. The van der Waals surface area contributed by atoms with Crippen molar-refractivity contribution < 1.29 is 9.90 Å². The maximum absolute atomic E-state index is 11.3. The third-order valence-corrected chi connectivity index (χ3v) is 2.50. The van der Waals surface area contributed by atoms with E-state index in [0.717, 1.165) is 5.56 Å². The highest BCUT2D eigenvalue weighted by atomic mass is 16.3. The lowest BCUT2D eigenvalue weighted by Gasteiger charge is -2.08. The second-order valence-electron chi connectivity index (χ2n) is 4.13. The van der Waals surface area contributed by atoms with E-state index in [0.29, 0.717) is 12.8 Å². The van der Waals surface area contributed by atoms with Gasteiger partial charge in [-0.1, -0.05) is 42.5 Å². The fraction of sp³-hybridized carbons (Fsp3) is 0.357. The predicted molar refractivity (Wildman–Crippen MR) is 68.5 cm³/mol. The highest BCUT2D eigenvalue weighted by Gasteiger charge is 2.04. The van der Waals surface area contributed by atoms with Gasteiger partial charge in [-0.2, -0.15) is 0 Å². The maximum atomic E-state index is 11.3. The summed E-state index contributed by atoms with van der Waals surface area (Å²) in [6, 6.07) is 9.50. The summed E-state index contributed by atoms with van der Waals surface area (Å²) in [5.41, 5.74) is 0.899. The summed E-state index contributed by atoms with van der Waals surface area (Å²) < 4.78 is 0. The smallest absolute Gasteiger partial charge is 0.225 e. The second-order valence-corrected chi connectivity index (χ2v) is 4.13. The van der Waals surface area contributed by atoms with Gasteiger partial charge in [0, 0.05) is 20.5 Å². The third-order valence-electron chi connectivity index (χ3n) is 2.50. The van der Waals surface area contributed by atoms with E-state index in [9.17, 15) is 9.90 Å². The van der Waals surface area contributed by atoms with Crippen LogP contribution in [0.1, 0.15) is 24.5 Å². The fourth-order valence-electron chi connectivity index (χ4n) is 1.40. The molecule has 1 amide bonds. The van der Waals surface area contributed by atoms with Gasteiger partial charge in [-0.05, 0) is 12.0 Å². The van der Waals surface area contributed by atoms with Crippen molar-refractivity contribution in [2.75, 3.05) is 14.1 Å². The van der Waals surface area contributed by atoms with Crippen LogP contribution in [0.15, 0.2) is 42.5 Å². The van der Waals surface area contributed by atoms with Gasteiger partial charge in [-0.15, -0.1) is 0 Å². The number of rotatable bonds is 5. The Labute approximate surface area is 102 Å². The molecule has 0 radical (unpaired) electrons. The van der Waals surface area contributed by atoms with Crippen LogP contribution in [0, 0.1) is 0 Å². The lowest BCUT2D eigenvalue weighted by molar-refractivity contribution is -0.127. The summed E-state index contributed by atoms with van der Waals surface area (Å²) in [6.07, 6.45) is 4.06. The minimum absolute atomic E-state index is 0.0652. The highest BCUT2D eigenvalue weighted by Crippen LogP contribution is 2.16. The van der Waals surface area contributed by atoms with E-state index in [1.54, 1.807) is 25.1 Å². The molecule has 0 fully saturated rings. The van der Waals surface area contributed by atoms with E-state index in [1.807, 2.05) is 36.4 Å². The van der Waals surface area contributed by atoms with Crippen LogP contribution in [0.3, 0.4) is 0 Å². The minimum Gasteiger partial charge on any atom is -0.388 e. The zero-order chi connectivity index (χ0) is 12.7. The fourth-order valence-corrected chi connectivity index (χ4v) is 1.40. The van der Waals surface area contributed by atoms with Crippen molar-refractivity contribution in [3.8, 4) is 0 Å². The number of hydrogen-bond acceptors (Lipinski definition) is 2. The van der Waals surface area contributed by atoms with E-state index in [-0.39, 0.29) is 5.91 Å². The average molecular weight is 233 g/mol. The first-order valence-corrected chi connectivity index (χ1v) is 5.69. The lowest BCUT2D eigenvalue weighted by atomic mass is 10.1. The van der Waals surface area contributed by atoms with Crippen molar-refractivity contribution in [1.82, 2.24) is 4.90 Å². The SMILES string of the molecule is CN(C)C(=O)CC=CC[C@H](O)c1ccccc1. The van der Waals surface area contributed by atoms with Gasteiger partial charge < -0.3 is 10.0 Å². The molecule has 0 bridgehead atoms. The van der Waals surface area contributed by atoms with Gasteiger partial charge in [0.25, 0.3) is 0 Å². The molecule has 17 heavy (non-hydrogen) atoms. The largest absolute Gasteiger partial charge is 0.388 e. The molecule has 1 rings (SSSR count). The predicted octanol–water partition coefficient (Wildman–Crippen LogP) is 2.14. The molecule has 0 spiro atoms. The molecule has 0 aliphatic carbocycles. The summed E-state index contributed by atoms with van der Waals surface area (Å²) >= 11 is 0. The molecule has 0 saturated carbocycles. The van der Waals surface area contributed by atoms with E-state index in [4.69, 9.17) is 0 Å². The Morgan fingerprint density at radius 2 is 1.94 bits per heavy atom. The first kappa shape index (κ1) is 13.5. The van der Waals surface area contributed by atoms with Crippen molar-refractivity contribution >= 4 is 5.91 Å². The molecule has 0 unspecified atom stereocenters. The molecular formula is C14H19NO2. The lowest BCUT2D eigenvalue weighted by Crippen LogP contribution is -2.20.